The van der Waals surface area contributed by atoms with Crippen LogP contribution in [0, 0.1) is 0 Å². The fourth-order valence-electron chi connectivity index (χ4n) is 1.87. The van der Waals surface area contributed by atoms with E-state index >= 15 is 0 Å². The Balaban J connectivity index is 2.12. The standard InChI is InChI=1S/C14H12N2O2/c15-8-10-3-4-14(18-10)12-9-16-6-5-11(12)13-2-1-7-17-13/h1-7,9H,8,15H2. The van der Waals surface area contributed by atoms with Gasteiger partial charge in [0.1, 0.15) is 17.3 Å². The van der Waals surface area contributed by atoms with Gasteiger partial charge in [-0.15, -0.1) is 0 Å². The van der Waals surface area contributed by atoms with Gasteiger partial charge in [-0.3, -0.25) is 4.98 Å². The van der Waals surface area contributed by atoms with E-state index in [0.29, 0.717) is 6.54 Å². The number of pyridine rings is 1. The molecule has 0 spiro atoms. The molecule has 3 aromatic heterocycles. The summed E-state index contributed by atoms with van der Waals surface area (Å²) in [6, 6.07) is 9.43. The molecule has 0 aliphatic rings. The van der Waals surface area contributed by atoms with Crippen LogP contribution >= 0.6 is 0 Å². The molecule has 3 rings (SSSR count). The zero-order valence-corrected chi connectivity index (χ0v) is 9.67. The Bertz CT molecular complexity index is 641. The zero-order valence-electron chi connectivity index (χ0n) is 9.67. The molecule has 0 aromatic carbocycles. The highest BCUT2D eigenvalue weighted by atomic mass is 16.3. The lowest BCUT2D eigenvalue weighted by molar-refractivity contribution is 0.524. The van der Waals surface area contributed by atoms with Crippen molar-refractivity contribution in [2.24, 2.45) is 5.73 Å². The van der Waals surface area contributed by atoms with Gasteiger partial charge in [-0.05, 0) is 30.3 Å². The lowest BCUT2D eigenvalue weighted by Crippen LogP contribution is -1.92. The number of furan rings is 2. The summed E-state index contributed by atoms with van der Waals surface area (Å²) in [6.45, 7) is 0.385. The van der Waals surface area contributed by atoms with E-state index in [4.69, 9.17) is 14.6 Å². The Morgan fingerprint density at radius 3 is 2.72 bits per heavy atom. The third-order valence-electron chi connectivity index (χ3n) is 2.74. The number of aromatic nitrogens is 1. The molecule has 0 fully saturated rings. The van der Waals surface area contributed by atoms with Crippen molar-refractivity contribution >= 4 is 0 Å². The summed E-state index contributed by atoms with van der Waals surface area (Å²) >= 11 is 0. The molecule has 0 aliphatic carbocycles. The molecular weight excluding hydrogens is 228 g/mol. The molecule has 3 heterocycles. The summed E-state index contributed by atoms with van der Waals surface area (Å²) in [7, 11) is 0. The smallest absolute Gasteiger partial charge is 0.136 e. The highest BCUT2D eigenvalue weighted by molar-refractivity contribution is 5.77. The van der Waals surface area contributed by atoms with Crippen molar-refractivity contribution < 1.29 is 8.83 Å². The molecule has 0 unspecified atom stereocenters. The predicted molar refractivity (Wildman–Crippen MR) is 67.5 cm³/mol. The van der Waals surface area contributed by atoms with E-state index in [0.717, 1.165) is 28.4 Å². The van der Waals surface area contributed by atoms with Crippen molar-refractivity contribution in [3.63, 3.8) is 0 Å². The molecule has 0 radical (unpaired) electrons. The number of hydrogen-bond donors (Lipinski definition) is 1. The first kappa shape index (κ1) is 10.8. The summed E-state index contributed by atoms with van der Waals surface area (Å²) in [5.41, 5.74) is 7.39. The van der Waals surface area contributed by atoms with Gasteiger partial charge in [0, 0.05) is 23.5 Å². The van der Waals surface area contributed by atoms with Crippen LogP contribution in [0.4, 0.5) is 0 Å². The second-order valence-corrected chi connectivity index (χ2v) is 3.87. The summed E-state index contributed by atoms with van der Waals surface area (Å²) in [5.74, 6) is 2.28. The Kier molecular flexibility index (Phi) is 2.70. The molecule has 3 aromatic rings. The van der Waals surface area contributed by atoms with Gasteiger partial charge in [0.25, 0.3) is 0 Å². The minimum absolute atomic E-state index is 0.385. The maximum absolute atomic E-state index is 5.65. The monoisotopic (exact) mass is 240 g/mol. The van der Waals surface area contributed by atoms with Gasteiger partial charge in [0.05, 0.1) is 12.8 Å². The number of nitrogens with zero attached hydrogens (tertiary/aromatic N) is 1. The van der Waals surface area contributed by atoms with Gasteiger partial charge in [0.15, 0.2) is 0 Å². The molecule has 0 atom stereocenters. The highest BCUT2D eigenvalue weighted by Crippen LogP contribution is 2.32. The van der Waals surface area contributed by atoms with E-state index in [2.05, 4.69) is 4.98 Å². The van der Waals surface area contributed by atoms with Gasteiger partial charge in [-0.2, -0.15) is 0 Å². The molecule has 4 nitrogen and oxygen atoms in total. The average molecular weight is 240 g/mol. The van der Waals surface area contributed by atoms with E-state index in [9.17, 15) is 0 Å². The quantitative estimate of drug-likeness (QED) is 0.764. The summed E-state index contributed by atoms with van der Waals surface area (Å²) in [6.07, 6.45) is 5.14. The molecule has 18 heavy (non-hydrogen) atoms. The second-order valence-electron chi connectivity index (χ2n) is 3.87. The van der Waals surface area contributed by atoms with Crippen molar-refractivity contribution in [3.8, 4) is 22.6 Å². The van der Waals surface area contributed by atoms with Crippen molar-refractivity contribution in [2.45, 2.75) is 6.54 Å². The van der Waals surface area contributed by atoms with Crippen LogP contribution in [0.5, 0.6) is 0 Å². The number of hydrogen-bond acceptors (Lipinski definition) is 4. The maximum atomic E-state index is 5.65. The van der Waals surface area contributed by atoms with Crippen LogP contribution in [0.2, 0.25) is 0 Å². The van der Waals surface area contributed by atoms with Crippen molar-refractivity contribution in [1.29, 1.82) is 0 Å². The Labute approximate surface area is 104 Å². The van der Waals surface area contributed by atoms with Crippen LogP contribution in [0.1, 0.15) is 5.76 Å². The normalized spacial score (nSPS) is 10.7. The molecular formula is C14H12N2O2. The van der Waals surface area contributed by atoms with Crippen molar-refractivity contribution in [1.82, 2.24) is 4.98 Å². The minimum atomic E-state index is 0.385. The fraction of sp³-hybridized carbons (Fsp3) is 0.0714. The van der Waals surface area contributed by atoms with Crippen molar-refractivity contribution in [2.75, 3.05) is 0 Å². The van der Waals surface area contributed by atoms with Crippen LogP contribution < -0.4 is 5.73 Å². The lowest BCUT2D eigenvalue weighted by atomic mass is 10.1. The lowest BCUT2D eigenvalue weighted by Gasteiger charge is -2.03. The average Bonchev–Trinajstić information content (AvgIpc) is 3.10. The summed E-state index contributed by atoms with van der Waals surface area (Å²) < 4.78 is 11.1. The van der Waals surface area contributed by atoms with E-state index in [-0.39, 0.29) is 0 Å². The molecule has 90 valence electrons. The van der Waals surface area contributed by atoms with E-state index in [1.807, 2.05) is 30.3 Å². The van der Waals surface area contributed by atoms with Gasteiger partial charge < -0.3 is 14.6 Å². The first-order valence-electron chi connectivity index (χ1n) is 5.65. The topological polar surface area (TPSA) is 65.2 Å². The molecule has 0 saturated carbocycles. The van der Waals surface area contributed by atoms with Gasteiger partial charge in [0.2, 0.25) is 0 Å². The van der Waals surface area contributed by atoms with Crippen LogP contribution in [0.3, 0.4) is 0 Å². The molecule has 0 bridgehead atoms. The van der Waals surface area contributed by atoms with Gasteiger partial charge in [-0.25, -0.2) is 0 Å². The van der Waals surface area contributed by atoms with Crippen LogP contribution in [0.25, 0.3) is 22.6 Å². The Morgan fingerprint density at radius 2 is 2.00 bits per heavy atom. The molecule has 2 N–H and O–H groups in total. The van der Waals surface area contributed by atoms with E-state index in [1.165, 1.54) is 0 Å². The molecule has 0 amide bonds. The van der Waals surface area contributed by atoms with Crippen LogP contribution in [-0.4, -0.2) is 4.98 Å². The van der Waals surface area contributed by atoms with Gasteiger partial charge >= 0.3 is 0 Å². The minimum Gasteiger partial charge on any atom is -0.464 e. The summed E-state index contributed by atoms with van der Waals surface area (Å²) in [5, 5.41) is 0. The molecule has 4 heteroatoms. The molecule has 0 aliphatic heterocycles. The van der Waals surface area contributed by atoms with Crippen molar-refractivity contribution in [3.05, 3.63) is 54.7 Å². The highest BCUT2D eigenvalue weighted by Gasteiger charge is 2.12. The zero-order chi connectivity index (χ0) is 12.4. The predicted octanol–water partition coefficient (Wildman–Crippen LogP) is 3.06. The second kappa shape index (κ2) is 4.50. The summed E-state index contributed by atoms with van der Waals surface area (Å²) in [4.78, 5) is 4.13. The van der Waals surface area contributed by atoms with E-state index in [1.54, 1.807) is 18.7 Å². The van der Waals surface area contributed by atoms with Crippen LogP contribution in [0.15, 0.2) is 57.8 Å². The number of rotatable bonds is 3. The largest absolute Gasteiger partial charge is 0.464 e. The Hall–Kier alpha value is -2.33. The first-order valence-corrected chi connectivity index (χ1v) is 5.65. The molecule has 0 saturated heterocycles. The van der Waals surface area contributed by atoms with Gasteiger partial charge in [-0.1, -0.05) is 0 Å². The van der Waals surface area contributed by atoms with Crippen LogP contribution in [-0.2, 0) is 6.54 Å². The SMILES string of the molecule is NCc1ccc(-c2cnccc2-c2ccco2)o1. The third-order valence-corrected chi connectivity index (χ3v) is 2.74. The maximum Gasteiger partial charge on any atom is 0.136 e. The Morgan fingerprint density at radius 1 is 1.06 bits per heavy atom. The first-order chi connectivity index (χ1) is 8.88. The number of nitrogens with two attached hydrogens (primary N) is 1. The fourth-order valence-corrected chi connectivity index (χ4v) is 1.87. The third kappa shape index (κ3) is 1.83. The van der Waals surface area contributed by atoms with E-state index < -0.39 is 0 Å².